The summed E-state index contributed by atoms with van der Waals surface area (Å²) in [6.07, 6.45) is 20.2. The van der Waals surface area contributed by atoms with Gasteiger partial charge in [0, 0.05) is 19.4 Å². The van der Waals surface area contributed by atoms with Crippen LogP contribution in [0.3, 0.4) is 0 Å². The van der Waals surface area contributed by atoms with E-state index >= 15 is 0 Å². The summed E-state index contributed by atoms with van der Waals surface area (Å²) in [7, 11) is -7.04. The van der Waals surface area contributed by atoms with Crippen molar-refractivity contribution >= 4 is 15.4 Å². The molecule has 0 rings (SSSR count). The van der Waals surface area contributed by atoms with E-state index < -0.39 is 20.3 Å². The summed E-state index contributed by atoms with van der Waals surface area (Å²) in [5, 5.41) is 0. The van der Waals surface area contributed by atoms with Gasteiger partial charge in [-0.2, -0.15) is 0 Å². The summed E-state index contributed by atoms with van der Waals surface area (Å²) in [5.74, 6) is 0. The van der Waals surface area contributed by atoms with E-state index in [-0.39, 0.29) is 19.2 Å². The average molecular weight is 610 g/mol. The van der Waals surface area contributed by atoms with E-state index in [0.717, 1.165) is 62.5 Å². The third-order valence-electron chi connectivity index (χ3n) is 7.22. The Labute approximate surface area is 253 Å². The van der Waals surface area contributed by atoms with Crippen LogP contribution in [0.2, 0.25) is 0 Å². The minimum Gasteiger partial charge on any atom is -0.338 e. The van der Waals surface area contributed by atoms with Gasteiger partial charge in [-0.05, 0) is 114 Å². The molecule has 0 aromatic rings. The molecule has 2 N–H and O–H groups in total. The van der Waals surface area contributed by atoms with Crippen molar-refractivity contribution in [1.29, 1.82) is 0 Å². The molecule has 0 aliphatic heterocycles. The van der Waals surface area contributed by atoms with Crippen LogP contribution in [0, 0.1) is 0 Å². The lowest BCUT2D eigenvalue weighted by atomic mass is 10.0. The van der Waals surface area contributed by atoms with Crippen LogP contribution in [0.4, 0.5) is 0 Å². The summed E-state index contributed by atoms with van der Waals surface area (Å²) < 4.78 is 31.8. The molecule has 5 nitrogen and oxygen atoms in total. The monoisotopic (exact) mass is 609 g/mol. The number of allylic oxidation sites excluding steroid dienone is 12. The van der Waals surface area contributed by atoms with Crippen molar-refractivity contribution < 1.29 is 23.7 Å². The summed E-state index contributed by atoms with van der Waals surface area (Å²) >= 11 is 0. The zero-order valence-electron chi connectivity index (χ0n) is 27.5. The molecule has 1 atom stereocenters. The molecule has 0 aliphatic carbocycles. The normalized spacial score (nSPS) is 15.4. The van der Waals surface area contributed by atoms with Gasteiger partial charge < -0.3 is 14.5 Å². The highest BCUT2D eigenvalue weighted by Gasteiger charge is 2.61. The van der Waals surface area contributed by atoms with Crippen molar-refractivity contribution in [1.82, 2.24) is 0 Å². The Balaban J connectivity index is 5.62. The van der Waals surface area contributed by atoms with E-state index in [9.17, 15) is 18.9 Å². The molecule has 0 bridgehead atoms. The van der Waals surface area contributed by atoms with Gasteiger partial charge >= 0.3 is 15.4 Å². The van der Waals surface area contributed by atoms with E-state index in [0.29, 0.717) is 6.61 Å². The van der Waals surface area contributed by atoms with Gasteiger partial charge in [0.1, 0.15) is 0 Å². The largest absolute Gasteiger partial charge is 0.386 e. The number of hydrogen-bond donors (Lipinski definition) is 2. The van der Waals surface area contributed by atoms with E-state index in [4.69, 9.17) is 4.74 Å². The van der Waals surface area contributed by atoms with Gasteiger partial charge in [-0.3, -0.25) is 4.57 Å². The van der Waals surface area contributed by atoms with Crippen molar-refractivity contribution in [2.75, 3.05) is 13.0 Å². The fraction of sp³-hybridized carbons (Fsp3) is 0.647. The first-order valence-corrected chi connectivity index (χ1v) is 18.2. The predicted molar refractivity (Wildman–Crippen MR) is 179 cm³/mol. The van der Waals surface area contributed by atoms with Gasteiger partial charge in [-0.15, -0.1) is 0 Å². The van der Waals surface area contributed by atoms with Crippen molar-refractivity contribution in [2.24, 2.45) is 0 Å². The van der Waals surface area contributed by atoms with E-state index in [1.54, 1.807) is 6.92 Å². The van der Waals surface area contributed by atoms with Gasteiger partial charge in [0.05, 0.1) is 0 Å². The summed E-state index contributed by atoms with van der Waals surface area (Å²) in [4.78, 5) is 19.4. The molecule has 0 aromatic carbocycles. The first-order chi connectivity index (χ1) is 19.1. The molecule has 0 aliphatic rings. The zero-order valence-corrected chi connectivity index (χ0v) is 29.3. The highest BCUT2D eigenvalue weighted by atomic mass is 31.2. The first-order valence-electron chi connectivity index (χ1n) is 15.1. The van der Waals surface area contributed by atoms with Crippen LogP contribution >= 0.6 is 15.4 Å². The Hall–Kier alpha value is -1.35. The third kappa shape index (κ3) is 18.0. The third-order valence-corrected chi connectivity index (χ3v) is 11.8. The fourth-order valence-electron chi connectivity index (χ4n) is 4.32. The molecular formula is C34H59O5P2+. The van der Waals surface area contributed by atoms with Gasteiger partial charge in [0.15, 0.2) is 0 Å². The van der Waals surface area contributed by atoms with Crippen LogP contribution in [-0.4, -0.2) is 27.6 Å². The molecule has 0 radical (unpaired) electrons. The number of ether oxygens (including phenoxy) is 1. The van der Waals surface area contributed by atoms with Crippen LogP contribution < -0.4 is 0 Å². The highest BCUT2D eigenvalue weighted by molar-refractivity contribution is 7.69. The fourth-order valence-corrected chi connectivity index (χ4v) is 7.49. The topological polar surface area (TPSA) is 83.8 Å². The maximum atomic E-state index is 13.4. The van der Waals surface area contributed by atoms with Gasteiger partial charge in [0.25, 0.3) is 4.90 Å². The summed E-state index contributed by atoms with van der Waals surface area (Å²) in [5.41, 5.74) is 7.44. The van der Waals surface area contributed by atoms with Crippen LogP contribution in [0.1, 0.15) is 127 Å². The molecular weight excluding hydrogens is 550 g/mol. The zero-order chi connectivity index (χ0) is 31.5. The van der Waals surface area contributed by atoms with Crippen LogP contribution in [0.15, 0.2) is 69.9 Å². The molecule has 0 saturated carbocycles. The van der Waals surface area contributed by atoms with Crippen molar-refractivity contribution in [2.45, 2.75) is 131 Å². The Kier molecular flexibility index (Phi) is 20.7. The Morgan fingerprint density at radius 1 is 0.659 bits per heavy atom. The molecule has 0 amide bonds. The lowest BCUT2D eigenvalue weighted by molar-refractivity contribution is 0.191. The molecule has 0 saturated heterocycles. The first kappa shape index (κ1) is 39.6. The molecule has 0 spiro atoms. The molecule has 0 fully saturated rings. The molecule has 234 valence electrons. The van der Waals surface area contributed by atoms with E-state index in [1.165, 1.54) is 22.3 Å². The molecule has 7 heteroatoms. The maximum Gasteiger partial charge on any atom is 0.386 e. The Bertz CT molecular complexity index is 969. The van der Waals surface area contributed by atoms with Crippen molar-refractivity contribution in [3.63, 3.8) is 0 Å². The second-order valence-electron chi connectivity index (χ2n) is 11.9. The Morgan fingerprint density at radius 2 is 1.00 bits per heavy atom. The SMILES string of the molecule is CCOC[P+](=O)C(CC=C(C)CCC=C(C)CCC=C(C)C)(CC=C(C)CCC=C(C)CCC=C(C)C)P(=O)(O)O. The summed E-state index contributed by atoms with van der Waals surface area (Å²) in [6, 6.07) is 0. The van der Waals surface area contributed by atoms with E-state index in [1.807, 2.05) is 26.0 Å². The van der Waals surface area contributed by atoms with Crippen LogP contribution in [0.5, 0.6) is 0 Å². The second kappa shape index (κ2) is 21.4. The predicted octanol–water partition coefficient (Wildman–Crippen LogP) is 11.3. The Morgan fingerprint density at radius 3 is 1.32 bits per heavy atom. The lowest BCUT2D eigenvalue weighted by Crippen LogP contribution is -2.25. The quantitative estimate of drug-likeness (QED) is 0.0999. The van der Waals surface area contributed by atoms with Crippen molar-refractivity contribution in [3.05, 3.63) is 69.9 Å². The minimum atomic E-state index is -4.73. The van der Waals surface area contributed by atoms with Crippen molar-refractivity contribution in [3.8, 4) is 0 Å². The molecule has 1 unspecified atom stereocenters. The van der Waals surface area contributed by atoms with Gasteiger partial charge in [-0.25, -0.2) is 0 Å². The summed E-state index contributed by atoms with van der Waals surface area (Å²) in [6.45, 7) is 18.8. The highest BCUT2D eigenvalue weighted by Crippen LogP contribution is 2.67. The van der Waals surface area contributed by atoms with Crippen LogP contribution in [0.25, 0.3) is 0 Å². The number of hydrogen-bond acceptors (Lipinski definition) is 3. The number of rotatable bonds is 21. The standard InChI is InChI=1S/C34H58O5P2/c1-10-39-27-40(35)34(41(36,37)38,25-23-32(8)21-13-19-30(6)17-11-15-28(2)3)26-24-33(9)22-14-20-31(7)18-12-16-29(4)5/h15-16,19-20,23-24H,10-14,17-18,21-22,25-27H2,1-9H3,(H-,36,37,38)/p+1. The molecule has 0 aromatic heterocycles. The van der Waals surface area contributed by atoms with E-state index in [2.05, 4.69) is 65.8 Å². The minimum absolute atomic E-state index is 0.0574. The molecule has 0 heterocycles. The maximum absolute atomic E-state index is 13.4. The smallest absolute Gasteiger partial charge is 0.338 e. The average Bonchev–Trinajstić information content (AvgIpc) is 2.86. The second-order valence-corrected chi connectivity index (χ2v) is 16.0. The molecule has 41 heavy (non-hydrogen) atoms. The van der Waals surface area contributed by atoms with Gasteiger partial charge in [0.2, 0.25) is 6.35 Å². The van der Waals surface area contributed by atoms with Gasteiger partial charge in [-0.1, -0.05) is 74.5 Å². The van der Waals surface area contributed by atoms with Crippen LogP contribution in [-0.2, 0) is 13.9 Å². The lowest BCUT2D eigenvalue weighted by Gasteiger charge is -2.23.